The lowest BCUT2D eigenvalue weighted by Crippen LogP contribution is -2.17. The van der Waals surface area contributed by atoms with Crippen molar-refractivity contribution in [2.75, 3.05) is 5.32 Å². The third kappa shape index (κ3) is 3.71. The number of fused-ring (bicyclic) bond motifs is 1. The third-order valence-corrected chi connectivity index (χ3v) is 5.23. The van der Waals surface area contributed by atoms with Crippen LogP contribution >= 0.6 is 22.6 Å². The van der Waals surface area contributed by atoms with E-state index in [1.165, 1.54) is 18.2 Å². The molecule has 1 heterocycles. The van der Waals surface area contributed by atoms with E-state index in [1.807, 2.05) is 40.8 Å². The van der Waals surface area contributed by atoms with Gasteiger partial charge in [-0.25, -0.2) is 9.07 Å². The number of rotatable bonds is 4. The van der Waals surface area contributed by atoms with E-state index in [0.29, 0.717) is 21.5 Å². The van der Waals surface area contributed by atoms with Gasteiger partial charge in [0.2, 0.25) is 0 Å². The van der Waals surface area contributed by atoms with Crippen LogP contribution in [0.5, 0.6) is 0 Å². The van der Waals surface area contributed by atoms with Crippen molar-refractivity contribution in [3.8, 4) is 0 Å². The standard InChI is InChI=1S/C21H15FIN3O/c22-16-8-9-18(19(23)12-16)21(27)25-20-10-11-24-26(20)13-15-6-3-5-14-4-1-2-7-17(14)15/h1-12H,13H2,(H,25,27). The number of nitrogens with one attached hydrogen (secondary N) is 1. The summed E-state index contributed by atoms with van der Waals surface area (Å²) in [5.41, 5.74) is 1.54. The Hall–Kier alpha value is -2.74. The number of halogens is 2. The van der Waals surface area contributed by atoms with Crippen LogP contribution in [0.15, 0.2) is 72.9 Å². The van der Waals surface area contributed by atoms with Gasteiger partial charge in [0.1, 0.15) is 11.6 Å². The molecule has 1 aromatic heterocycles. The maximum Gasteiger partial charge on any atom is 0.257 e. The first kappa shape index (κ1) is 17.7. The summed E-state index contributed by atoms with van der Waals surface area (Å²) in [4.78, 5) is 12.6. The van der Waals surface area contributed by atoms with Crippen molar-refractivity contribution in [1.29, 1.82) is 0 Å². The number of hydrogen-bond acceptors (Lipinski definition) is 2. The van der Waals surface area contributed by atoms with Crippen molar-refractivity contribution < 1.29 is 9.18 Å². The van der Waals surface area contributed by atoms with E-state index in [2.05, 4.69) is 34.7 Å². The Morgan fingerprint density at radius 3 is 2.74 bits per heavy atom. The number of amides is 1. The summed E-state index contributed by atoms with van der Waals surface area (Å²) in [7, 11) is 0. The number of nitrogens with zero attached hydrogens (tertiary/aromatic N) is 2. The largest absolute Gasteiger partial charge is 0.307 e. The van der Waals surface area contributed by atoms with Gasteiger partial charge in [0.15, 0.2) is 0 Å². The Morgan fingerprint density at radius 2 is 1.89 bits per heavy atom. The molecule has 0 bridgehead atoms. The lowest BCUT2D eigenvalue weighted by Gasteiger charge is -2.12. The predicted molar refractivity (Wildman–Crippen MR) is 112 cm³/mol. The molecule has 0 aliphatic rings. The topological polar surface area (TPSA) is 46.9 Å². The lowest BCUT2D eigenvalue weighted by atomic mass is 10.0. The molecule has 0 saturated heterocycles. The second-order valence-electron chi connectivity index (χ2n) is 6.09. The van der Waals surface area contributed by atoms with Gasteiger partial charge in [-0.2, -0.15) is 5.10 Å². The molecular formula is C21H15FIN3O. The first-order valence-corrected chi connectivity index (χ1v) is 9.44. The Balaban J connectivity index is 1.60. The zero-order valence-electron chi connectivity index (χ0n) is 14.2. The fraction of sp³-hybridized carbons (Fsp3) is 0.0476. The highest BCUT2D eigenvalue weighted by atomic mass is 127. The normalized spacial score (nSPS) is 10.9. The first-order valence-electron chi connectivity index (χ1n) is 8.37. The fourth-order valence-corrected chi connectivity index (χ4v) is 3.74. The van der Waals surface area contributed by atoms with Crippen LogP contribution in [-0.4, -0.2) is 15.7 Å². The van der Waals surface area contributed by atoms with Crippen molar-refractivity contribution >= 4 is 45.1 Å². The van der Waals surface area contributed by atoms with E-state index in [0.717, 1.165) is 16.3 Å². The van der Waals surface area contributed by atoms with Crippen molar-refractivity contribution in [2.24, 2.45) is 0 Å². The molecule has 1 amide bonds. The van der Waals surface area contributed by atoms with Crippen LogP contribution in [0.25, 0.3) is 10.8 Å². The number of carbonyl (C=O) groups is 1. The van der Waals surface area contributed by atoms with Gasteiger partial charge in [0.25, 0.3) is 5.91 Å². The minimum absolute atomic E-state index is 0.293. The molecule has 3 aromatic carbocycles. The molecule has 4 rings (SSSR count). The van der Waals surface area contributed by atoms with Crippen LogP contribution in [0.2, 0.25) is 0 Å². The number of aromatic nitrogens is 2. The van der Waals surface area contributed by atoms with Gasteiger partial charge < -0.3 is 5.32 Å². The van der Waals surface area contributed by atoms with Crippen LogP contribution in [0.1, 0.15) is 15.9 Å². The molecule has 0 spiro atoms. The Labute approximate surface area is 169 Å². The summed E-state index contributed by atoms with van der Waals surface area (Å²) >= 11 is 1.96. The van der Waals surface area contributed by atoms with Gasteiger partial charge >= 0.3 is 0 Å². The number of anilines is 1. The molecule has 27 heavy (non-hydrogen) atoms. The quantitative estimate of drug-likeness (QED) is 0.422. The minimum atomic E-state index is -0.364. The SMILES string of the molecule is O=C(Nc1ccnn1Cc1cccc2ccccc12)c1ccc(F)cc1I. The fourth-order valence-electron chi connectivity index (χ4n) is 3.01. The van der Waals surface area contributed by atoms with E-state index in [1.54, 1.807) is 16.9 Å². The molecule has 1 N–H and O–H groups in total. The minimum Gasteiger partial charge on any atom is -0.307 e. The van der Waals surface area contributed by atoms with Gasteiger partial charge in [-0.3, -0.25) is 4.79 Å². The van der Waals surface area contributed by atoms with Gasteiger partial charge in [-0.05, 0) is 57.1 Å². The molecule has 4 nitrogen and oxygen atoms in total. The molecule has 0 aliphatic carbocycles. The van der Waals surface area contributed by atoms with Crippen molar-refractivity contribution in [2.45, 2.75) is 6.54 Å². The van der Waals surface area contributed by atoms with Crippen molar-refractivity contribution in [3.63, 3.8) is 0 Å². The van der Waals surface area contributed by atoms with Crippen molar-refractivity contribution in [1.82, 2.24) is 9.78 Å². The van der Waals surface area contributed by atoms with Gasteiger partial charge in [0.05, 0.1) is 18.3 Å². The molecule has 0 radical (unpaired) electrons. The molecule has 0 saturated carbocycles. The van der Waals surface area contributed by atoms with E-state index < -0.39 is 0 Å². The first-order chi connectivity index (χ1) is 13.1. The Kier molecular flexibility index (Phi) is 4.89. The predicted octanol–water partition coefficient (Wildman–Crippen LogP) is 5.08. The number of hydrogen-bond donors (Lipinski definition) is 1. The summed E-state index contributed by atoms with van der Waals surface area (Å²) in [5.74, 6) is -0.0657. The van der Waals surface area contributed by atoms with E-state index in [-0.39, 0.29) is 11.7 Å². The monoisotopic (exact) mass is 471 g/mol. The summed E-state index contributed by atoms with van der Waals surface area (Å²) < 4.78 is 15.6. The van der Waals surface area contributed by atoms with Gasteiger partial charge in [-0.15, -0.1) is 0 Å². The number of benzene rings is 3. The second-order valence-corrected chi connectivity index (χ2v) is 7.25. The molecular weight excluding hydrogens is 456 g/mol. The zero-order valence-corrected chi connectivity index (χ0v) is 16.4. The molecule has 0 atom stereocenters. The maximum atomic E-state index is 13.3. The molecule has 4 aromatic rings. The Morgan fingerprint density at radius 1 is 1.07 bits per heavy atom. The van der Waals surface area contributed by atoms with Crippen LogP contribution in [0.3, 0.4) is 0 Å². The Bertz CT molecular complexity index is 1130. The summed E-state index contributed by atoms with van der Waals surface area (Å²) in [6, 6.07) is 20.2. The maximum absolute atomic E-state index is 13.3. The molecule has 0 fully saturated rings. The van der Waals surface area contributed by atoms with E-state index in [4.69, 9.17) is 0 Å². The van der Waals surface area contributed by atoms with Gasteiger partial charge in [0, 0.05) is 9.64 Å². The summed E-state index contributed by atoms with van der Waals surface area (Å²) in [6.07, 6.45) is 1.65. The highest BCUT2D eigenvalue weighted by Crippen LogP contribution is 2.21. The molecule has 0 aliphatic heterocycles. The summed E-state index contributed by atoms with van der Waals surface area (Å²) in [5, 5.41) is 9.53. The van der Waals surface area contributed by atoms with Gasteiger partial charge in [-0.1, -0.05) is 42.5 Å². The average Bonchev–Trinajstić information content (AvgIpc) is 3.08. The smallest absolute Gasteiger partial charge is 0.257 e. The average molecular weight is 471 g/mol. The third-order valence-electron chi connectivity index (χ3n) is 4.33. The zero-order chi connectivity index (χ0) is 18.8. The van der Waals surface area contributed by atoms with E-state index in [9.17, 15) is 9.18 Å². The molecule has 6 heteroatoms. The number of carbonyl (C=O) groups excluding carboxylic acids is 1. The highest BCUT2D eigenvalue weighted by molar-refractivity contribution is 14.1. The highest BCUT2D eigenvalue weighted by Gasteiger charge is 2.14. The second kappa shape index (κ2) is 7.48. The lowest BCUT2D eigenvalue weighted by molar-refractivity contribution is 0.102. The van der Waals surface area contributed by atoms with Crippen LogP contribution in [0.4, 0.5) is 10.2 Å². The van der Waals surface area contributed by atoms with E-state index >= 15 is 0 Å². The molecule has 134 valence electrons. The van der Waals surface area contributed by atoms with Crippen LogP contribution in [-0.2, 0) is 6.54 Å². The summed E-state index contributed by atoms with van der Waals surface area (Å²) in [6.45, 7) is 0.532. The van der Waals surface area contributed by atoms with Crippen LogP contribution < -0.4 is 5.32 Å². The molecule has 0 unspecified atom stereocenters. The van der Waals surface area contributed by atoms with Crippen LogP contribution in [0, 0.1) is 9.39 Å². The van der Waals surface area contributed by atoms with Crippen molar-refractivity contribution in [3.05, 3.63) is 93.4 Å².